The number of thiophene rings is 1. The molecule has 1 unspecified atom stereocenters. The van der Waals surface area contributed by atoms with Crippen LogP contribution in [0.2, 0.25) is 0 Å². The van der Waals surface area contributed by atoms with Crippen LogP contribution in [0.15, 0.2) is 4.79 Å². The summed E-state index contributed by atoms with van der Waals surface area (Å²) in [4.78, 5) is 19.5. The Kier molecular flexibility index (Phi) is 3.77. The van der Waals surface area contributed by atoms with Gasteiger partial charge in [0.1, 0.15) is 4.83 Å². The molecule has 2 aromatic heterocycles. The van der Waals surface area contributed by atoms with Crippen LogP contribution in [-0.2, 0) is 19.4 Å². The summed E-state index contributed by atoms with van der Waals surface area (Å²) in [5.74, 6) is 6.63. The van der Waals surface area contributed by atoms with E-state index in [1.807, 2.05) is 6.92 Å². The normalized spacial score (nSPS) is 18.5. The monoisotopic (exact) mass is 320 g/mol. The maximum Gasteiger partial charge on any atom is 0.263 e. The summed E-state index contributed by atoms with van der Waals surface area (Å²) in [6, 6.07) is 0. The zero-order valence-corrected chi connectivity index (χ0v) is 14.5. The van der Waals surface area contributed by atoms with Crippen LogP contribution in [0.3, 0.4) is 0 Å². The molecule has 0 spiro atoms. The van der Waals surface area contributed by atoms with Gasteiger partial charge in [-0.15, -0.1) is 11.3 Å². The average Bonchev–Trinajstić information content (AvgIpc) is 2.83. The lowest BCUT2D eigenvalue weighted by atomic mass is 9.72. The van der Waals surface area contributed by atoms with Gasteiger partial charge in [0, 0.05) is 11.4 Å². The van der Waals surface area contributed by atoms with E-state index in [4.69, 9.17) is 5.84 Å². The number of nitrogens with zero attached hydrogens (tertiary/aromatic N) is 2. The SMILES string of the molecule is CCn1c(NN)nc2sc3c(c2c1=O)CCC(C(C)(C)C)C3. The first kappa shape index (κ1) is 15.5. The van der Waals surface area contributed by atoms with Crippen molar-refractivity contribution in [2.75, 3.05) is 5.43 Å². The molecule has 0 radical (unpaired) electrons. The summed E-state index contributed by atoms with van der Waals surface area (Å²) in [5, 5.41) is 0.813. The van der Waals surface area contributed by atoms with Crippen LogP contribution in [0.5, 0.6) is 0 Å². The predicted octanol–water partition coefficient (Wildman–Crippen LogP) is 2.91. The number of aromatic nitrogens is 2. The van der Waals surface area contributed by atoms with E-state index >= 15 is 0 Å². The Labute approximate surface area is 134 Å². The first-order chi connectivity index (χ1) is 10.4. The largest absolute Gasteiger partial charge is 0.294 e. The predicted molar refractivity (Wildman–Crippen MR) is 92.3 cm³/mol. The lowest BCUT2D eigenvalue weighted by Crippen LogP contribution is -2.28. The Balaban J connectivity index is 2.17. The summed E-state index contributed by atoms with van der Waals surface area (Å²) in [6.45, 7) is 9.40. The minimum atomic E-state index is 0.0344. The van der Waals surface area contributed by atoms with E-state index < -0.39 is 0 Å². The minimum absolute atomic E-state index is 0.0344. The summed E-state index contributed by atoms with van der Waals surface area (Å²) in [5.41, 5.74) is 4.11. The van der Waals surface area contributed by atoms with Gasteiger partial charge in [-0.3, -0.25) is 14.8 Å². The van der Waals surface area contributed by atoms with Gasteiger partial charge in [-0.05, 0) is 43.1 Å². The third-order valence-electron chi connectivity index (χ3n) is 4.84. The number of hydrogen-bond acceptors (Lipinski definition) is 5. The highest BCUT2D eigenvalue weighted by Gasteiger charge is 2.32. The Morgan fingerprint density at radius 2 is 2.18 bits per heavy atom. The maximum atomic E-state index is 12.8. The van der Waals surface area contributed by atoms with Gasteiger partial charge in [0.2, 0.25) is 5.95 Å². The molecule has 5 nitrogen and oxygen atoms in total. The van der Waals surface area contributed by atoms with Gasteiger partial charge in [-0.2, -0.15) is 0 Å². The molecule has 1 aliphatic rings. The van der Waals surface area contributed by atoms with E-state index in [0.29, 0.717) is 23.8 Å². The van der Waals surface area contributed by atoms with Crippen LogP contribution in [0.4, 0.5) is 5.95 Å². The molecule has 6 heteroatoms. The van der Waals surface area contributed by atoms with Crippen LogP contribution in [-0.4, -0.2) is 9.55 Å². The quantitative estimate of drug-likeness (QED) is 0.659. The standard InChI is InChI=1S/C16H24N4OS/c1-5-20-14(21)12-10-7-6-9(16(2,3)4)8-11(10)22-13(12)18-15(20)19-17/h9H,5-8,17H2,1-4H3,(H,18,19). The molecule has 0 saturated carbocycles. The van der Waals surface area contributed by atoms with Crippen LogP contribution in [0.1, 0.15) is 44.6 Å². The highest BCUT2D eigenvalue weighted by atomic mass is 32.1. The summed E-state index contributed by atoms with van der Waals surface area (Å²) in [7, 11) is 0. The van der Waals surface area contributed by atoms with Gasteiger partial charge in [0.15, 0.2) is 0 Å². The van der Waals surface area contributed by atoms with Crippen molar-refractivity contribution in [2.45, 2.75) is 53.5 Å². The van der Waals surface area contributed by atoms with Crippen LogP contribution in [0.25, 0.3) is 10.2 Å². The van der Waals surface area contributed by atoms with Gasteiger partial charge in [-0.25, -0.2) is 10.8 Å². The highest BCUT2D eigenvalue weighted by Crippen LogP contribution is 2.42. The molecule has 0 aliphatic heterocycles. The molecular formula is C16H24N4OS. The van der Waals surface area contributed by atoms with Gasteiger partial charge < -0.3 is 0 Å². The smallest absolute Gasteiger partial charge is 0.263 e. The molecule has 0 amide bonds. The summed E-state index contributed by atoms with van der Waals surface area (Å²) in [6.07, 6.45) is 3.18. The third-order valence-corrected chi connectivity index (χ3v) is 5.99. The summed E-state index contributed by atoms with van der Waals surface area (Å²) >= 11 is 1.66. The van der Waals surface area contributed by atoms with Crippen LogP contribution in [0, 0.1) is 11.3 Å². The number of anilines is 1. The number of nitrogens with one attached hydrogen (secondary N) is 1. The van der Waals surface area contributed by atoms with E-state index in [2.05, 4.69) is 31.2 Å². The second kappa shape index (κ2) is 5.35. The Morgan fingerprint density at radius 3 is 2.77 bits per heavy atom. The second-order valence-electron chi connectivity index (χ2n) is 7.12. The average molecular weight is 320 g/mol. The first-order valence-electron chi connectivity index (χ1n) is 7.88. The second-order valence-corrected chi connectivity index (χ2v) is 8.20. The molecule has 3 N–H and O–H groups in total. The van der Waals surface area contributed by atoms with Crippen molar-refractivity contribution in [3.63, 3.8) is 0 Å². The van der Waals surface area contributed by atoms with Crippen molar-refractivity contribution >= 4 is 27.5 Å². The summed E-state index contributed by atoms with van der Waals surface area (Å²) < 4.78 is 1.62. The highest BCUT2D eigenvalue weighted by molar-refractivity contribution is 7.18. The maximum absolute atomic E-state index is 12.8. The van der Waals surface area contributed by atoms with Crippen molar-refractivity contribution in [1.82, 2.24) is 9.55 Å². The Bertz CT molecular complexity index is 769. The fourth-order valence-corrected chi connectivity index (χ4v) is 4.69. The lowest BCUT2D eigenvalue weighted by Gasteiger charge is -2.33. The zero-order valence-electron chi connectivity index (χ0n) is 13.7. The molecule has 1 atom stereocenters. The molecule has 0 saturated heterocycles. The number of nitrogens with two attached hydrogens (primary N) is 1. The van der Waals surface area contributed by atoms with Crippen molar-refractivity contribution in [2.24, 2.45) is 17.2 Å². The van der Waals surface area contributed by atoms with Crippen molar-refractivity contribution in [1.29, 1.82) is 0 Å². The van der Waals surface area contributed by atoms with Crippen LogP contribution < -0.4 is 16.8 Å². The number of rotatable bonds is 2. The van der Waals surface area contributed by atoms with Crippen LogP contribution >= 0.6 is 11.3 Å². The van der Waals surface area contributed by atoms with E-state index in [-0.39, 0.29) is 5.56 Å². The molecule has 0 bridgehead atoms. The lowest BCUT2D eigenvalue weighted by molar-refractivity contribution is 0.218. The number of nitrogen functional groups attached to an aromatic ring is 1. The zero-order chi connectivity index (χ0) is 16.1. The van der Waals surface area contributed by atoms with E-state index in [1.54, 1.807) is 15.9 Å². The molecule has 120 valence electrons. The minimum Gasteiger partial charge on any atom is -0.294 e. The van der Waals surface area contributed by atoms with Gasteiger partial charge >= 0.3 is 0 Å². The number of aryl methyl sites for hydroxylation is 1. The molecule has 0 fully saturated rings. The van der Waals surface area contributed by atoms with Crippen molar-refractivity contribution in [3.05, 3.63) is 20.8 Å². The van der Waals surface area contributed by atoms with E-state index in [0.717, 1.165) is 29.5 Å². The molecule has 0 aromatic carbocycles. The topological polar surface area (TPSA) is 72.9 Å². The molecule has 2 heterocycles. The van der Waals surface area contributed by atoms with Crippen molar-refractivity contribution in [3.8, 4) is 0 Å². The number of hydrazine groups is 1. The molecule has 3 rings (SSSR count). The first-order valence-corrected chi connectivity index (χ1v) is 8.70. The molecule has 22 heavy (non-hydrogen) atoms. The van der Waals surface area contributed by atoms with Gasteiger partial charge in [0.05, 0.1) is 5.39 Å². The molecule has 2 aromatic rings. The fourth-order valence-electron chi connectivity index (χ4n) is 3.40. The van der Waals surface area contributed by atoms with Crippen molar-refractivity contribution < 1.29 is 0 Å². The van der Waals surface area contributed by atoms with E-state index in [1.165, 1.54) is 10.4 Å². The third kappa shape index (κ3) is 2.34. The number of hydrogen-bond donors (Lipinski definition) is 2. The molecular weight excluding hydrogens is 296 g/mol. The Morgan fingerprint density at radius 1 is 1.45 bits per heavy atom. The van der Waals surface area contributed by atoms with Gasteiger partial charge in [-0.1, -0.05) is 20.8 Å². The number of fused-ring (bicyclic) bond motifs is 3. The van der Waals surface area contributed by atoms with E-state index in [9.17, 15) is 4.79 Å². The van der Waals surface area contributed by atoms with Gasteiger partial charge in [0.25, 0.3) is 5.56 Å². The Hall–Kier alpha value is -1.40. The molecule has 1 aliphatic carbocycles. The fraction of sp³-hybridized carbons (Fsp3) is 0.625.